The van der Waals surface area contributed by atoms with Crippen LogP contribution in [0, 0.1) is 10.1 Å². The van der Waals surface area contributed by atoms with Crippen molar-refractivity contribution in [1.82, 2.24) is 0 Å². The van der Waals surface area contributed by atoms with E-state index in [1.165, 1.54) is 19.2 Å². The van der Waals surface area contributed by atoms with Crippen LogP contribution in [0.15, 0.2) is 36.4 Å². The molecule has 0 bridgehead atoms. The summed E-state index contributed by atoms with van der Waals surface area (Å²) in [6, 6.07) is 9.38. The van der Waals surface area contributed by atoms with Crippen molar-refractivity contribution >= 4 is 17.3 Å². The van der Waals surface area contributed by atoms with Gasteiger partial charge in [0.25, 0.3) is 0 Å². The highest BCUT2D eigenvalue weighted by atomic mass is 35.5. The molecule has 0 saturated heterocycles. The van der Waals surface area contributed by atoms with Gasteiger partial charge in [-0.1, -0.05) is 11.6 Å². The average molecular weight is 309 g/mol. The molecule has 0 unspecified atom stereocenters. The molecule has 0 aliphatic rings. The van der Waals surface area contributed by atoms with Crippen molar-refractivity contribution in [2.75, 3.05) is 7.11 Å². The van der Waals surface area contributed by atoms with Gasteiger partial charge in [0.15, 0.2) is 5.75 Å². The lowest BCUT2D eigenvalue weighted by molar-refractivity contribution is -0.385. The quantitative estimate of drug-likeness (QED) is 0.674. The van der Waals surface area contributed by atoms with E-state index < -0.39 is 4.92 Å². The molecule has 2 N–H and O–H groups in total. The van der Waals surface area contributed by atoms with E-state index in [0.29, 0.717) is 22.1 Å². The van der Waals surface area contributed by atoms with Gasteiger partial charge in [0.2, 0.25) is 0 Å². The van der Waals surface area contributed by atoms with E-state index in [1.807, 2.05) is 0 Å². The molecule has 0 aromatic heterocycles. The van der Waals surface area contributed by atoms with Crippen LogP contribution >= 0.6 is 11.6 Å². The van der Waals surface area contributed by atoms with Crippen molar-refractivity contribution in [2.45, 2.75) is 6.54 Å². The van der Waals surface area contributed by atoms with Gasteiger partial charge in [0, 0.05) is 17.1 Å². The Labute approximate surface area is 126 Å². The highest BCUT2D eigenvalue weighted by molar-refractivity contribution is 6.30. The molecule has 2 aromatic carbocycles. The first kappa shape index (κ1) is 15.1. The molecule has 0 atom stereocenters. The van der Waals surface area contributed by atoms with Crippen LogP contribution in [0.1, 0.15) is 5.56 Å². The molecule has 0 aliphatic heterocycles. The van der Waals surface area contributed by atoms with Crippen molar-refractivity contribution in [3.8, 4) is 17.2 Å². The highest BCUT2D eigenvalue weighted by Crippen LogP contribution is 2.34. The number of nitrogens with two attached hydrogens (primary N) is 1. The minimum Gasteiger partial charge on any atom is -0.490 e. The Balaban J connectivity index is 2.36. The molecular weight excluding hydrogens is 296 g/mol. The lowest BCUT2D eigenvalue weighted by atomic mass is 10.2. The first-order chi connectivity index (χ1) is 10.0. The molecule has 110 valence electrons. The van der Waals surface area contributed by atoms with Crippen LogP contribution in [-0.2, 0) is 6.54 Å². The van der Waals surface area contributed by atoms with Gasteiger partial charge in [-0.3, -0.25) is 10.1 Å². The second-order valence-electron chi connectivity index (χ2n) is 4.15. The van der Waals surface area contributed by atoms with Gasteiger partial charge in [0.1, 0.15) is 11.5 Å². The standard InChI is InChI=1S/C14H13ClN2O4/c1-20-14-5-3-11(7-12(14)17(18)19)21-13-4-2-10(15)6-9(13)8-16/h2-7H,8,16H2,1H3. The van der Waals surface area contributed by atoms with Gasteiger partial charge >= 0.3 is 5.69 Å². The number of hydrogen-bond donors (Lipinski definition) is 1. The monoisotopic (exact) mass is 308 g/mol. The lowest BCUT2D eigenvalue weighted by Crippen LogP contribution is -2.00. The third-order valence-corrected chi connectivity index (χ3v) is 3.05. The number of nitro groups is 1. The van der Waals surface area contributed by atoms with Crippen molar-refractivity contribution < 1.29 is 14.4 Å². The summed E-state index contributed by atoms with van der Waals surface area (Å²) in [7, 11) is 1.37. The van der Waals surface area contributed by atoms with E-state index in [0.717, 1.165) is 0 Å². The maximum absolute atomic E-state index is 11.0. The van der Waals surface area contributed by atoms with Crippen LogP contribution < -0.4 is 15.2 Å². The number of benzene rings is 2. The van der Waals surface area contributed by atoms with Gasteiger partial charge < -0.3 is 15.2 Å². The fourth-order valence-electron chi connectivity index (χ4n) is 1.81. The van der Waals surface area contributed by atoms with Gasteiger partial charge in [-0.2, -0.15) is 0 Å². The van der Waals surface area contributed by atoms with E-state index in [9.17, 15) is 10.1 Å². The van der Waals surface area contributed by atoms with Crippen LogP contribution in [0.4, 0.5) is 5.69 Å². The zero-order valence-electron chi connectivity index (χ0n) is 11.2. The lowest BCUT2D eigenvalue weighted by Gasteiger charge is -2.11. The van der Waals surface area contributed by atoms with E-state index in [-0.39, 0.29) is 18.0 Å². The third kappa shape index (κ3) is 3.42. The highest BCUT2D eigenvalue weighted by Gasteiger charge is 2.16. The Morgan fingerprint density at radius 3 is 2.57 bits per heavy atom. The molecule has 0 spiro atoms. The Hall–Kier alpha value is -2.31. The van der Waals surface area contributed by atoms with Gasteiger partial charge in [0.05, 0.1) is 18.1 Å². The van der Waals surface area contributed by atoms with Crippen molar-refractivity contribution in [2.24, 2.45) is 5.73 Å². The molecule has 7 heteroatoms. The Bertz CT molecular complexity index is 676. The van der Waals surface area contributed by atoms with Crippen LogP contribution in [-0.4, -0.2) is 12.0 Å². The summed E-state index contributed by atoms with van der Waals surface area (Å²) in [5.74, 6) is 0.989. The molecular formula is C14H13ClN2O4. The third-order valence-electron chi connectivity index (χ3n) is 2.82. The minimum atomic E-state index is -0.530. The summed E-state index contributed by atoms with van der Waals surface area (Å²) >= 11 is 5.89. The van der Waals surface area contributed by atoms with Crippen molar-refractivity contribution in [1.29, 1.82) is 0 Å². The number of methoxy groups -OCH3 is 1. The normalized spacial score (nSPS) is 10.2. The molecule has 0 amide bonds. The van der Waals surface area contributed by atoms with E-state index in [4.69, 9.17) is 26.8 Å². The van der Waals surface area contributed by atoms with Gasteiger partial charge in [-0.25, -0.2) is 0 Å². The summed E-state index contributed by atoms with van der Waals surface area (Å²) in [5.41, 5.74) is 6.17. The topological polar surface area (TPSA) is 87.6 Å². The molecule has 2 rings (SSSR count). The molecule has 0 aliphatic carbocycles. The summed E-state index contributed by atoms with van der Waals surface area (Å²) in [5, 5.41) is 11.5. The number of halogens is 1. The van der Waals surface area contributed by atoms with Crippen LogP contribution in [0.3, 0.4) is 0 Å². The fourth-order valence-corrected chi connectivity index (χ4v) is 2.00. The number of nitrogens with zero attached hydrogens (tertiary/aromatic N) is 1. The number of nitro benzene ring substituents is 1. The first-order valence-corrected chi connectivity index (χ1v) is 6.41. The maximum Gasteiger partial charge on any atom is 0.314 e. The molecule has 0 saturated carbocycles. The first-order valence-electron chi connectivity index (χ1n) is 6.04. The second-order valence-corrected chi connectivity index (χ2v) is 4.59. The molecule has 0 radical (unpaired) electrons. The number of hydrogen-bond acceptors (Lipinski definition) is 5. The van der Waals surface area contributed by atoms with Crippen LogP contribution in [0.2, 0.25) is 5.02 Å². The summed E-state index contributed by atoms with van der Waals surface area (Å²) in [6.45, 7) is 0.244. The van der Waals surface area contributed by atoms with Crippen LogP contribution in [0.25, 0.3) is 0 Å². The predicted molar refractivity (Wildman–Crippen MR) is 79.1 cm³/mol. The van der Waals surface area contributed by atoms with Gasteiger partial charge in [-0.15, -0.1) is 0 Å². The van der Waals surface area contributed by atoms with Crippen LogP contribution in [0.5, 0.6) is 17.2 Å². The molecule has 6 nitrogen and oxygen atoms in total. The Morgan fingerprint density at radius 1 is 1.24 bits per heavy atom. The SMILES string of the molecule is COc1ccc(Oc2ccc(Cl)cc2CN)cc1[N+](=O)[O-]. The van der Waals surface area contributed by atoms with E-state index >= 15 is 0 Å². The molecule has 21 heavy (non-hydrogen) atoms. The minimum absolute atomic E-state index is 0.168. The second kappa shape index (κ2) is 6.43. The van der Waals surface area contributed by atoms with Crippen molar-refractivity contribution in [3.05, 3.63) is 57.1 Å². The van der Waals surface area contributed by atoms with E-state index in [1.54, 1.807) is 24.3 Å². The smallest absolute Gasteiger partial charge is 0.314 e. The predicted octanol–water partition coefficient (Wildman–Crippen LogP) is 3.51. The molecule has 0 heterocycles. The fraction of sp³-hybridized carbons (Fsp3) is 0.143. The number of ether oxygens (including phenoxy) is 2. The zero-order valence-corrected chi connectivity index (χ0v) is 12.0. The summed E-state index contributed by atoms with van der Waals surface area (Å²) in [4.78, 5) is 10.5. The van der Waals surface area contributed by atoms with Gasteiger partial charge in [-0.05, 0) is 30.3 Å². The molecule has 2 aromatic rings. The largest absolute Gasteiger partial charge is 0.490 e. The van der Waals surface area contributed by atoms with Crippen molar-refractivity contribution in [3.63, 3.8) is 0 Å². The Morgan fingerprint density at radius 2 is 1.95 bits per heavy atom. The van der Waals surface area contributed by atoms with E-state index in [2.05, 4.69) is 0 Å². The summed E-state index contributed by atoms with van der Waals surface area (Å²) < 4.78 is 10.6. The number of rotatable bonds is 5. The summed E-state index contributed by atoms with van der Waals surface area (Å²) in [6.07, 6.45) is 0. The Kier molecular flexibility index (Phi) is 4.62. The zero-order chi connectivity index (χ0) is 15.4. The average Bonchev–Trinajstić information content (AvgIpc) is 2.48. The maximum atomic E-state index is 11.0. The molecule has 0 fully saturated rings.